The number of amides is 1. The summed E-state index contributed by atoms with van der Waals surface area (Å²) in [7, 11) is 0. The van der Waals surface area contributed by atoms with Crippen LogP contribution in [0.3, 0.4) is 0 Å². The number of thiocarbonyl (C=S) groups is 1. The van der Waals surface area contributed by atoms with Gasteiger partial charge in [0.1, 0.15) is 12.3 Å². The number of nitro benzene ring substituents is 1. The zero-order valence-electron chi connectivity index (χ0n) is 11.6. The van der Waals surface area contributed by atoms with Gasteiger partial charge in [-0.25, -0.2) is 0 Å². The molecule has 1 fully saturated rings. The number of fused-ring (bicyclic) bond motifs is 1. The summed E-state index contributed by atoms with van der Waals surface area (Å²) < 4.78 is 5.58. The summed E-state index contributed by atoms with van der Waals surface area (Å²) in [5.41, 5.74) is 1.50. The van der Waals surface area contributed by atoms with Crippen molar-refractivity contribution in [1.82, 2.24) is 4.90 Å². The maximum atomic E-state index is 11.6. The number of β-lactam (4-membered cyclic amide) rings is 1. The predicted octanol–water partition coefficient (Wildman–Crippen LogP) is 2.98. The normalized spacial score (nSPS) is 19.8. The molecule has 0 spiro atoms. The Labute approximate surface area is 136 Å². The fourth-order valence-electron chi connectivity index (χ4n) is 2.35. The number of thioether (sulfide) groups is 1. The van der Waals surface area contributed by atoms with Crippen molar-refractivity contribution in [3.63, 3.8) is 0 Å². The molecule has 114 valence electrons. The topological polar surface area (TPSA) is 72.7 Å². The summed E-state index contributed by atoms with van der Waals surface area (Å²) in [5, 5.41) is 11.0. The van der Waals surface area contributed by atoms with Gasteiger partial charge in [0.05, 0.1) is 16.7 Å². The standard InChI is InChI=1S/C14H12N2O4S2/c1-8-13(15-11(17)6-12(15)22-8)14(21)20-7-9-2-4-10(5-3-9)16(18)19/h2-5,12H,6-7H2,1H3/t12-/m1/s1. The van der Waals surface area contributed by atoms with E-state index < -0.39 is 4.92 Å². The second kappa shape index (κ2) is 5.69. The van der Waals surface area contributed by atoms with E-state index in [1.165, 1.54) is 12.1 Å². The van der Waals surface area contributed by atoms with Gasteiger partial charge >= 0.3 is 0 Å². The van der Waals surface area contributed by atoms with Gasteiger partial charge in [0.15, 0.2) is 0 Å². The molecule has 1 aromatic carbocycles. The number of rotatable bonds is 4. The van der Waals surface area contributed by atoms with Gasteiger partial charge in [-0.3, -0.25) is 19.8 Å². The van der Waals surface area contributed by atoms with E-state index in [9.17, 15) is 14.9 Å². The fraction of sp³-hybridized carbons (Fsp3) is 0.286. The number of carbonyl (C=O) groups is 1. The van der Waals surface area contributed by atoms with Crippen LogP contribution in [0.1, 0.15) is 18.9 Å². The lowest BCUT2D eigenvalue weighted by molar-refractivity contribution is -0.384. The molecule has 2 heterocycles. The van der Waals surface area contributed by atoms with E-state index in [1.807, 2.05) is 6.92 Å². The van der Waals surface area contributed by atoms with Crippen molar-refractivity contribution in [2.24, 2.45) is 0 Å². The Morgan fingerprint density at radius 3 is 2.77 bits per heavy atom. The van der Waals surface area contributed by atoms with Crippen LogP contribution in [0.15, 0.2) is 34.9 Å². The molecule has 0 aromatic heterocycles. The van der Waals surface area contributed by atoms with Crippen molar-refractivity contribution in [1.29, 1.82) is 0 Å². The third-order valence-corrected chi connectivity index (χ3v) is 5.01. The first-order valence-corrected chi connectivity index (χ1v) is 7.86. The number of nitro groups is 1. The van der Waals surface area contributed by atoms with Crippen molar-refractivity contribution in [3.05, 3.63) is 50.5 Å². The van der Waals surface area contributed by atoms with Gasteiger partial charge in [-0.2, -0.15) is 0 Å². The minimum absolute atomic E-state index is 0.0334. The van der Waals surface area contributed by atoms with E-state index in [2.05, 4.69) is 0 Å². The first kappa shape index (κ1) is 15.0. The monoisotopic (exact) mass is 336 g/mol. The highest BCUT2D eigenvalue weighted by Gasteiger charge is 2.46. The Morgan fingerprint density at radius 2 is 2.18 bits per heavy atom. The van der Waals surface area contributed by atoms with Crippen LogP contribution in [0.25, 0.3) is 0 Å². The van der Waals surface area contributed by atoms with E-state index in [4.69, 9.17) is 17.0 Å². The zero-order valence-corrected chi connectivity index (χ0v) is 13.3. The molecule has 0 radical (unpaired) electrons. The van der Waals surface area contributed by atoms with Crippen LogP contribution in [0.5, 0.6) is 0 Å². The van der Waals surface area contributed by atoms with Gasteiger partial charge in [-0.15, -0.1) is 11.8 Å². The fourth-order valence-corrected chi connectivity index (χ4v) is 3.99. The highest BCUT2D eigenvalue weighted by atomic mass is 32.2. The van der Waals surface area contributed by atoms with Gasteiger partial charge in [0.25, 0.3) is 5.69 Å². The highest BCUT2D eigenvalue weighted by Crippen LogP contribution is 2.46. The summed E-state index contributed by atoms with van der Waals surface area (Å²) in [4.78, 5) is 24.5. The third-order valence-electron chi connectivity index (χ3n) is 3.50. The number of non-ortho nitro benzene ring substituents is 1. The molecule has 0 bridgehead atoms. The Hall–Kier alpha value is -1.93. The van der Waals surface area contributed by atoms with Crippen molar-refractivity contribution < 1.29 is 14.5 Å². The molecule has 1 atom stereocenters. The summed E-state index contributed by atoms with van der Waals surface area (Å²) in [6.07, 6.45) is 0.538. The first-order valence-electron chi connectivity index (χ1n) is 6.57. The zero-order chi connectivity index (χ0) is 15.9. The summed E-state index contributed by atoms with van der Waals surface area (Å²) in [6, 6.07) is 6.10. The van der Waals surface area contributed by atoms with Crippen LogP contribution in [-0.2, 0) is 16.1 Å². The van der Waals surface area contributed by atoms with Crippen LogP contribution < -0.4 is 0 Å². The molecule has 1 amide bonds. The maximum absolute atomic E-state index is 11.6. The van der Waals surface area contributed by atoms with Crippen LogP contribution in [-0.4, -0.2) is 26.2 Å². The second-order valence-corrected chi connectivity index (χ2v) is 6.71. The van der Waals surface area contributed by atoms with Crippen molar-refractivity contribution in [2.75, 3.05) is 0 Å². The highest BCUT2D eigenvalue weighted by molar-refractivity contribution is 8.04. The third kappa shape index (κ3) is 2.59. The lowest BCUT2D eigenvalue weighted by atomic mass is 10.1. The van der Waals surface area contributed by atoms with Crippen LogP contribution >= 0.6 is 24.0 Å². The van der Waals surface area contributed by atoms with E-state index in [0.29, 0.717) is 17.2 Å². The number of nitrogens with zero attached hydrogens (tertiary/aromatic N) is 2. The number of benzene rings is 1. The van der Waals surface area contributed by atoms with Gasteiger partial charge < -0.3 is 4.74 Å². The molecule has 3 rings (SSSR count). The summed E-state index contributed by atoms with van der Waals surface area (Å²) in [6.45, 7) is 2.14. The molecule has 0 aliphatic carbocycles. The lowest BCUT2D eigenvalue weighted by Crippen LogP contribution is -2.48. The molecule has 2 aliphatic heterocycles. The SMILES string of the molecule is CC1=C(C(=S)OCc2ccc([N+](=O)[O-])cc2)N2C(=O)C[C@H]2S1. The molecule has 22 heavy (non-hydrogen) atoms. The quantitative estimate of drug-likeness (QED) is 0.364. The Balaban J connectivity index is 1.64. The number of ether oxygens (including phenoxy) is 1. The molecule has 2 aliphatic rings. The molecule has 0 unspecified atom stereocenters. The van der Waals surface area contributed by atoms with E-state index in [0.717, 1.165) is 10.5 Å². The minimum atomic E-state index is -0.450. The average molecular weight is 336 g/mol. The predicted molar refractivity (Wildman–Crippen MR) is 86.0 cm³/mol. The molecule has 1 aromatic rings. The molecular weight excluding hydrogens is 324 g/mol. The molecular formula is C14H12N2O4S2. The van der Waals surface area contributed by atoms with Crippen molar-refractivity contribution in [3.8, 4) is 0 Å². The lowest BCUT2D eigenvalue weighted by Gasteiger charge is -2.35. The van der Waals surface area contributed by atoms with E-state index >= 15 is 0 Å². The molecule has 0 N–H and O–H groups in total. The largest absolute Gasteiger partial charge is 0.477 e. The molecule has 0 saturated carbocycles. The second-order valence-electron chi connectivity index (χ2n) is 4.94. The average Bonchev–Trinajstić information content (AvgIpc) is 2.76. The van der Waals surface area contributed by atoms with Gasteiger partial charge in [-0.05, 0) is 36.8 Å². The Bertz CT molecular complexity index is 699. The summed E-state index contributed by atoms with van der Waals surface area (Å²) in [5.74, 6) is 0.0608. The van der Waals surface area contributed by atoms with E-state index in [-0.39, 0.29) is 23.6 Å². The number of hydrogen-bond donors (Lipinski definition) is 0. The molecule has 6 nitrogen and oxygen atoms in total. The maximum Gasteiger partial charge on any atom is 0.269 e. The van der Waals surface area contributed by atoms with Crippen LogP contribution in [0, 0.1) is 10.1 Å². The Morgan fingerprint density at radius 1 is 1.50 bits per heavy atom. The number of allylic oxidation sites excluding steroid dienone is 1. The Kier molecular flexibility index (Phi) is 3.88. The van der Waals surface area contributed by atoms with Crippen molar-refractivity contribution in [2.45, 2.75) is 25.3 Å². The number of carbonyl (C=O) groups excluding carboxylic acids is 1. The first-order chi connectivity index (χ1) is 10.5. The minimum Gasteiger partial charge on any atom is -0.477 e. The van der Waals surface area contributed by atoms with Crippen molar-refractivity contribution >= 4 is 40.6 Å². The molecule has 8 heteroatoms. The van der Waals surface area contributed by atoms with Gasteiger partial charge in [0.2, 0.25) is 11.0 Å². The molecule has 1 saturated heterocycles. The van der Waals surface area contributed by atoms with Gasteiger partial charge in [-0.1, -0.05) is 0 Å². The van der Waals surface area contributed by atoms with Crippen LogP contribution in [0.4, 0.5) is 5.69 Å². The van der Waals surface area contributed by atoms with E-state index in [1.54, 1.807) is 28.8 Å². The smallest absolute Gasteiger partial charge is 0.269 e. The summed E-state index contributed by atoms with van der Waals surface area (Å²) >= 11 is 6.90. The van der Waals surface area contributed by atoms with Gasteiger partial charge in [0, 0.05) is 17.0 Å². The van der Waals surface area contributed by atoms with Crippen LogP contribution in [0.2, 0.25) is 0 Å². The number of hydrogen-bond acceptors (Lipinski definition) is 6.